The minimum Gasteiger partial charge on any atom is -0.388 e. The Labute approximate surface area is 102 Å². The van der Waals surface area contributed by atoms with Crippen LogP contribution in [0.5, 0.6) is 0 Å². The predicted octanol–water partition coefficient (Wildman–Crippen LogP) is 3.06. The van der Waals surface area contributed by atoms with Crippen molar-refractivity contribution >= 4 is 33.9 Å². The average molecular weight is 326 g/mol. The Morgan fingerprint density at radius 1 is 1.64 bits per heavy atom. The monoisotopic (exact) mass is 326 g/mol. The van der Waals surface area contributed by atoms with Gasteiger partial charge in [-0.3, -0.25) is 0 Å². The Bertz CT molecular complexity index is 275. The van der Waals surface area contributed by atoms with Gasteiger partial charge in [0.2, 0.25) is 0 Å². The van der Waals surface area contributed by atoms with Gasteiger partial charge in [0, 0.05) is 13.7 Å². The van der Waals surface area contributed by atoms with Gasteiger partial charge in [0.25, 0.3) is 0 Å². The molecule has 0 bridgehead atoms. The molecule has 0 radical (unpaired) electrons. The van der Waals surface area contributed by atoms with Gasteiger partial charge in [-0.15, -0.1) is 11.3 Å². The molecule has 2 nitrogen and oxygen atoms in total. The maximum absolute atomic E-state index is 9.98. The second-order valence-corrected chi connectivity index (χ2v) is 6.19. The minimum atomic E-state index is -0.357. The van der Waals surface area contributed by atoms with Crippen molar-refractivity contribution in [1.29, 1.82) is 0 Å². The molecule has 4 heteroatoms. The molecule has 0 aliphatic carbocycles. The first-order chi connectivity index (χ1) is 6.65. The zero-order valence-electron chi connectivity index (χ0n) is 8.37. The number of rotatable bonds is 5. The van der Waals surface area contributed by atoms with Crippen LogP contribution in [0.3, 0.4) is 0 Å². The Morgan fingerprint density at radius 2 is 2.36 bits per heavy atom. The molecular weight excluding hydrogens is 311 g/mol. The summed E-state index contributed by atoms with van der Waals surface area (Å²) in [4.78, 5) is 0. The number of hydrogen-bond acceptors (Lipinski definition) is 3. The Morgan fingerprint density at radius 3 is 2.86 bits per heavy atom. The van der Waals surface area contributed by atoms with Crippen LogP contribution in [0.2, 0.25) is 0 Å². The molecular formula is C10H15IO2S. The smallest absolute Gasteiger partial charge is 0.0824 e. The summed E-state index contributed by atoms with van der Waals surface area (Å²) < 4.78 is 6.21. The summed E-state index contributed by atoms with van der Waals surface area (Å²) in [5.74, 6) is 0.250. The van der Waals surface area contributed by atoms with E-state index in [1.54, 1.807) is 18.4 Å². The van der Waals surface area contributed by atoms with E-state index in [4.69, 9.17) is 4.74 Å². The van der Waals surface area contributed by atoms with Gasteiger partial charge in [0.05, 0.1) is 8.99 Å². The van der Waals surface area contributed by atoms with Crippen molar-refractivity contribution in [2.24, 2.45) is 5.92 Å². The van der Waals surface area contributed by atoms with Crippen LogP contribution in [-0.4, -0.2) is 18.8 Å². The van der Waals surface area contributed by atoms with E-state index in [-0.39, 0.29) is 12.0 Å². The fourth-order valence-electron chi connectivity index (χ4n) is 1.27. The van der Waals surface area contributed by atoms with Crippen molar-refractivity contribution in [3.63, 3.8) is 0 Å². The molecule has 0 aromatic carbocycles. The van der Waals surface area contributed by atoms with E-state index in [9.17, 15) is 5.11 Å². The van der Waals surface area contributed by atoms with E-state index in [2.05, 4.69) is 22.6 Å². The molecule has 1 aromatic rings. The third-order valence-electron chi connectivity index (χ3n) is 2.25. The number of ether oxygens (including phenoxy) is 1. The SMILES string of the molecule is COCCC(C)C(O)c1csc(I)c1. The third kappa shape index (κ3) is 3.49. The molecule has 1 heterocycles. The van der Waals surface area contributed by atoms with Crippen LogP contribution in [0.15, 0.2) is 11.4 Å². The Hall–Kier alpha value is 0.350. The summed E-state index contributed by atoms with van der Waals surface area (Å²) in [7, 11) is 1.69. The highest BCUT2D eigenvalue weighted by molar-refractivity contribution is 14.1. The van der Waals surface area contributed by atoms with E-state index in [0.717, 1.165) is 12.0 Å². The Balaban J connectivity index is 2.51. The molecule has 0 aliphatic heterocycles. The van der Waals surface area contributed by atoms with Gasteiger partial charge in [0.1, 0.15) is 0 Å². The largest absolute Gasteiger partial charge is 0.388 e. The molecule has 2 atom stereocenters. The fourth-order valence-corrected chi connectivity index (χ4v) is 2.67. The number of thiophene rings is 1. The van der Waals surface area contributed by atoms with Crippen molar-refractivity contribution in [3.05, 3.63) is 19.9 Å². The number of aliphatic hydroxyl groups excluding tert-OH is 1. The summed E-state index contributed by atoms with van der Waals surface area (Å²) in [6, 6.07) is 2.04. The van der Waals surface area contributed by atoms with Crippen LogP contribution < -0.4 is 0 Å². The molecule has 1 aromatic heterocycles. The summed E-state index contributed by atoms with van der Waals surface area (Å²) in [6.07, 6.45) is 0.536. The third-order valence-corrected chi connectivity index (χ3v) is 4.05. The van der Waals surface area contributed by atoms with Crippen LogP contribution in [0.25, 0.3) is 0 Å². The van der Waals surface area contributed by atoms with Crippen molar-refractivity contribution < 1.29 is 9.84 Å². The van der Waals surface area contributed by atoms with Gasteiger partial charge < -0.3 is 9.84 Å². The number of halogens is 1. The molecule has 14 heavy (non-hydrogen) atoms. The van der Waals surface area contributed by atoms with Crippen LogP contribution in [0, 0.1) is 8.80 Å². The summed E-state index contributed by atoms with van der Waals surface area (Å²) >= 11 is 3.94. The first kappa shape index (κ1) is 12.4. The number of hydrogen-bond donors (Lipinski definition) is 1. The van der Waals surface area contributed by atoms with E-state index in [0.29, 0.717) is 6.61 Å². The summed E-state index contributed by atoms with van der Waals surface area (Å²) in [5, 5.41) is 12.0. The molecule has 1 N–H and O–H groups in total. The lowest BCUT2D eigenvalue weighted by Crippen LogP contribution is -2.10. The second kappa shape index (κ2) is 6.05. The van der Waals surface area contributed by atoms with E-state index < -0.39 is 0 Å². The van der Waals surface area contributed by atoms with Crippen molar-refractivity contribution in [1.82, 2.24) is 0 Å². The average Bonchev–Trinajstić information content (AvgIpc) is 2.60. The van der Waals surface area contributed by atoms with E-state index in [1.807, 2.05) is 18.4 Å². The summed E-state index contributed by atoms with van der Waals surface area (Å²) in [5.41, 5.74) is 1.03. The maximum Gasteiger partial charge on any atom is 0.0824 e. The van der Waals surface area contributed by atoms with Gasteiger partial charge in [-0.25, -0.2) is 0 Å². The molecule has 0 saturated carbocycles. The quantitative estimate of drug-likeness (QED) is 0.843. The number of aliphatic hydroxyl groups is 1. The molecule has 0 aliphatic rings. The zero-order chi connectivity index (χ0) is 10.6. The highest BCUT2D eigenvalue weighted by Gasteiger charge is 2.17. The van der Waals surface area contributed by atoms with Gasteiger partial charge in [-0.05, 0) is 51.9 Å². The van der Waals surface area contributed by atoms with Crippen molar-refractivity contribution in [2.45, 2.75) is 19.4 Å². The van der Waals surface area contributed by atoms with E-state index in [1.165, 1.54) is 2.88 Å². The van der Waals surface area contributed by atoms with Crippen molar-refractivity contribution in [3.8, 4) is 0 Å². The minimum absolute atomic E-state index is 0.250. The molecule has 2 unspecified atom stereocenters. The lowest BCUT2D eigenvalue weighted by molar-refractivity contribution is 0.0889. The molecule has 0 saturated heterocycles. The molecule has 80 valence electrons. The summed E-state index contributed by atoms with van der Waals surface area (Å²) in [6.45, 7) is 2.76. The topological polar surface area (TPSA) is 29.5 Å². The molecule has 0 amide bonds. The standard InChI is InChI=1S/C10H15IO2S/c1-7(3-4-13-2)10(12)8-5-9(11)14-6-8/h5-7,10,12H,3-4H2,1-2H3. The van der Waals surface area contributed by atoms with Gasteiger partial charge >= 0.3 is 0 Å². The van der Waals surface area contributed by atoms with E-state index >= 15 is 0 Å². The predicted molar refractivity (Wildman–Crippen MR) is 67.7 cm³/mol. The highest BCUT2D eigenvalue weighted by atomic mass is 127. The molecule has 0 fully saturated rings. The van der Waals surface area contributed by atoms with Crippen LogP contribution in [0.1, 0.15) is 25.0 Å². The first-order valence-electron chi connectivity index (χ1n) is 4.56. The van der Waals surface area contributed by atoms with Crippen LogP contribution in [0.4, 0.5) is 0 Å². The van der Waals surface area contributed by atoms with Crippen LogP contribution >= 0.6 is 33.9 Å². The van der Waals surface area contributed by atoms with Gasteiger partial charge in [-0.2, -0.15) is 0 Å². The second-order valence-electron chi connectivity index (χ2n) is 3.39. The maximum atomic E-state index is 9.98. The lowest BCUT2D eigenvalue weighted by atomic mass is 9.97. The van der Waals surface area contributed by atoms with Crippen LogP contribution in [-0.2, 0) is 4.74 Å². The molecule has 1 rings (SSSR count). The number of methoxy groups -OCH3 is 1. The Kier molecular flexibility index (Phi) is 5.36. The van der Waals surface area contributed by atoms with Gasteiger partial charge in [-0.1, -0.05) is 6.92 Å². The highest BCUT2D eigenvalue weighted by Crippen LogP contribution is 2.28. The lowest BCUT2D eigenvalue weighted by Gasteiger charge is -2.17. The first-order valence-corrected chi connectivity index (χ1v) is 6.52. The fraction of sp³-hybridized carbons (Fsp3) is 0.600. The normalized spacial score (nSPS) is 15.4. The van der Waals surface area contributed by atoms with Crippen molar-refractivity contribution in [2.75, 3.05) is 13.7 Å². The molecule has 0 spiro atoms. The van der Waals surface area contributed by atoms with Gasteiger partial charge in [0.15, 0.2) is 0 Å². The zero-order valence-corrected chi connectivity index (χ0v) is 11.3.